The van der Waals surface area contributed by atoms with Gasteiger partial charge in [-0.1, -0.05) is 0 Å². The van der Waals surface area contributed by atoms with Gasteiger partial charge in [-0.3, -0.25) is 14.5 Å². The Morgan fingerprint density at radius 2 is 1.97 bits per heavy atom. The van der Waals surface area contributed by atoms with Crippen molar-refractivity contribution in [1.82, 2.24) is 19.7 Å². The molecule has 0 unspecified atom stereocenters. The lowest BCUT2D eigenvalue weighted by Gasteiger charge is -2.17. The first kappa shape index (κ1) is 20.5. The van der Waals surface area contributed by atoms with E-state index in [1.807, 2.05) is 6.92 Å². The van der Waals surface area contributed by atoms with Crippen LogP contribution in [0.3, 0.4) is 0 Å². The van der Waals surface area contributed by atoms with Crippen molar-refractivity contribution in [3.8, 4) is 16.9 Å². The average Bonchev–Trinajstić information content (AvgIpc) is 3.35. The van der Waals surface area contributed by atoms with E-state index in [4.69, 9.17) is 12.2 Å². The van der Waals surface area contributed by atoms with E-state index in [-0.39, 0.29) is 22.9 Å². The highest BCUT2D eigenvalue weighted by Crippen LogP contribution is 2.35. The van der Waals surface area contributed by atoms with Gasteiger partial charge in [0.15, 0.2) is 0 Å². The Kier molecular flexibility index (Phi) is 5.32. The van der Waals surface area contributed by atoms with Crippen LogP contribution >= 0.6 is 0 Å². The first-order valence-electron chi connectivity index (χ1n) is 12.0. The van der Waals surface area contributed by atoms with Crippen LogP contribution in [0.5, 0.6) is 5.75 Å². The van der Waals surface area contributed by atoms with Crippen molar-refractivity contribution in [2.75, 3.05) is 13.7 Å². The van der Waals surface area contributed by atoms with E-state index in [0.717, 1.165) is 4.90 Å². The highest BCUT2D eigenvalue weighted by molar-refractivity contribution is 5.98. The van der Waals surface area contributed by atoms with Crippen molar-refractivity contribution in [1.29, 1.82) is 0 Å². The molecule has 0 N–H and O–H groups in total. The number of nitrogens with zero attached hydrogens (tertiary/aromatic N) is 4. The van der Waals surface area contributed by atoms with E-state index < -0.39 is 36.1 Å². The Labute approximate surface area is 203 Å². The lowest BCUT2D eigenvalue weighted by atomic mass is 9.99. The van der Waals surface area contributed by atoms with E-state index in [9.17, 15) is 4.79 Å². The topological polar surface area (TPSA) is 69.5 Å². The number of carbonyl (C=O) groups is 1. The summed E-state index contributed by atoms with van der Waals surface area (Å²) in [6, 6.07) is 8.71. The maximum Gasteiger partial charge on any atom is 0.256 e. The zero-order chi connectivity index (χ0) is 26.5. The van der Waals surface area contributed by atoms with Crippen molar-refractivity contribution in [3.05, 3.63) is 77.2 Å². The number of hydrogen-bond donors (Lipinski definition) is 0. The molecule has 1 aliphatic heterocycles. The lowest BCUT2D eigenvalue weighted by molar-refractivity contribution is 0.0721. The summed E-state index contributed by atoms with van der Waals surface area (Å²) in [5.74, 6) is -1.95. The number of aryl methyl sites for hydroxylation is 1. The molecule has 7 nitrogen and oxygen atoms in total. The van der Waals surface area contributed by atoms with Crippen LogP contribution in [0.25, 0.3) is 22.0 Å². The number of benzene rings is 2. The van der Waals surface area contributed by atoms with Gasteiger partial charge >= 0.3 is 0 Å². The Hall–Kier alpha value is -3.85. The van der Waals surface area contributed by atoms with Gasteiger partial charge in [-0.15, -0.1) is 0 Å². The molecule has 0 saturated heterocycles. The number of halogens is 2. The van der Waals surface area contributed by atoms with Crippen molar-refractivity contribution < 1.29 is 25.8 Å². The largest absolute Gasteiger partial charge is 0.489 e. The second kappa shape index (κ2) is 9.07. The van der Waals surface area contributed by atoms with Crippen LogP contribution in [0.15, 0.2) is 48.8 Å². The third-order valence-electron chi connectivity index (χ3n) is 5.92. The molecule has 5 rings (SSSR count). The van der Waals surface area contributed by atoms with Crippen LogP contribution in [0, 0.1) is 11.6 Å². The highest BCUT2D eigenvalue weighted by atomic mass is 19.1. The summed E-state index contributed by atoms with van der Waals surface area (Å²) in [4.78, 5) is 17.6. The summed E-state index contributed by atoms with van der Waals surface area (Å²) >= 11 is 0. The SMILES string of the molecule is [2H]C1([2H])c2ncccc2C(=O)N1Cc1c(F)cc(-c2ccc(OC[C@@H](C)OC)c3nn(C)cc23)cc1F. The lowest BCUT2D eigenvalue weighted by Crippen LogP contribution is -2.24. The molecule has 4 aromatic rings. The standard InChI is InChI=1S/C26H24F2N4O3/c1-15(34-3)14-35-24-7-6-17(19-11-31(2)30-25(19)24)16-9-21(27)20(22(28)10-16)12-32-13-23-18(26(32)33)5-4-8-29-23/h4-11,15H,12-14H2,1-3H3/t15-/m1/s1/i13D2. The number of amides is 1. The molecule has 1 amide bonds. The van der Waals surface area contributed by atoms with Crippen molar-refractivity contribution in [2.45, 2.75) is 26.1 Å². The van der Waals surface area contributed by atoms with E-state index in [0.29, 0.717) is 28.8 Å². The zero-order valence-electron chi connectivity index (χ0n) is 21.4. The Morgan fingerprint density at radius 3 is 2.69 bits per heavy atom. The quantitative estimate of drug-likeness (QED) is 0.390. The molecule has 1 atom stereocenters. The van der Waals surface area contributed by atoms with E-state index in [2.05, 4.69) is 10.1 Å². The maximum absolute atomic E-state index is 15.3. The van der Waals surface area contributed by atoms with Crippen LogP contribution in [0.2, 0.25) is 0 Å². The van der Waals surface area contributed by atoms with Gasteiger partial charge in [-0.05, 0) is 54.4 Å². The maximum atomic E-state index is 15.3. The normalized spacial score (nSPS) is 16.3. The van der Waals surface area contributed by atoms with E-state index in [1.54, 1.807) is 37.2 Å². The minimum absolute atomic E-state index is 0.0707. The third-order valence-corrected chi connectivity index (χ3v) is 5.92. The molecule has 9 heteroatoms. The van der Waals surface area contributed by atoms with E-state index in [1.165, 1.54) is 30.5 Å². The van der Waals surface area contributed by atoms with Crippen LogP contribution in [0.1, 0.15) is 31.3 Å². The number of ether oxygens (including phenoxy) is 2. The smallest absolute Gasteiger partial charge is 0.256 e. The fourth-order valence-corrected chi connectivity index (χ4v) is 4.01. The second-order valence-electron chi connectivity index (χ2n) is 8.35. The third kappa shape index (κ3) is 4.23. The first-order valence-corrected chi connectivity index (χ1v) is 11.0. The molecule has 1 aliphatic rings. The molecular formula is C26H24F2N4O3. The summed E-state index contributed by atoms with van der Waals surface area (Å²) in [6.45, 7) is -0.717. The molecule has 180 valence electrons. The van der Waals surface area contributed by atoms with Gasteiger partial charge in [-0.25, -0.2) is 8.78 Å². The van der Waals surface area contributed by atoms with Crippen molar-refractivity contribution >= 4 is 16.8 Å². The first-order chi connectivity index (χ1) is 17.6. The molecule has 0 fully saturated rings. The van der Waals surface area contributed by atoms with Gasteiger partial charge in [0.25, 0.3) is 5.91 Å². The molecule has 35 heavy (non-hydrogen) atoms. The molecule has 0 bridgehead atoms. The number of carbonyl (C=O) groups excluding carboxylic acids is 1. The molecule has 3 heterocycles. The van der Waals surface area contributed by atoms with Gasteiger partial charge < -0.3 is 14.4 Å². The van der Waals surface area contributed by atoms with Crippen LogP contribution in [0.4, 0.5) is 8.78 Å². The monoisotopic (exact) mass is 480 g/mol. The molecule has 0 saturated carbocycles. The summed E-state index contributed by atoms with van der Waals surface area (Å²) < 4.78 is 60.0. The minimum Gasteiger partial charge on any atom is -0.489 e. The van der Waals surface area contributed by atoms with Gasteiger partial charge in [0.05, 0.1) is 33.1 Å². The predicted molar refractivity (Wildman–Crippen MR) is 126 cm³/mol. The molecule has 0 spiro atoms. The number of aromatic nitrogens is 3. The molecule has 2 aromatic heterocycles. The van der Waals surface area contributed by atoms with Crippen LogP contribution < -0.4 is 4.74 Å². The molecule has 2 aromatic carbocycles. The van der Waals surface area contributed by atoms with Crippen LogP contribution in [-0.4, -0.2) is 45.4 Å². The number of rotatable bonds is 7. The van der Waals surface area contributed by atoms with Crippen LogP contribution in [-0.2, 0) is 24.8 Å². The molecule has 0 aliphatic carbocycles. The van der Waals surface area contributed by atoms with Crippen molar-refractivity contribution in [3.63, 3.8) is 0 Å². The Morgan fingerprint density at radius 1 is 1.20 bits per heavy atom. The summed E-state index contributed by atoms with van der Waals surface area (Å²) in [7, 11) is 3.33. The van der Waals surface area contributed by atoms with Gasteiger partial charge in [-0.2, -0.15) is 5.10 Å². The Balaban J connectivity index is 1.49. The van der Waals surface area contributed by atoms with Crippen molar-refractivity contribution in [2.24, 2.45) is 7.05 Å². The summed E-state index contributed by atoms with van der Waals surface area (Å²) in [5, 5.41) is 5.09. The number of hydrogen-bond acceptors (Lipinski definition) is 5. The van der Waals surface area contributed by atoms with Gasteiger partial charge in [0.1, 0.15) is 29.5 Å². The summed E-state index contributed by atoms with van der Waals surface area (Å²) in [6.07, 6.45) is 2.98. The van der Waals surface area contributed by atoms with Gasteiger partial charge in [0, 0.05) is 37.5 Å². The summed E-state index contributed by atoms with van der Waals surface area (Å²) in [5.41, 5.74) is 0.946. The number of methoxy groups -OCH3 is 1. The fraction of sp³-hybridized carbons (Fsp3) is 0.269. The average molecular weight is 481 g/mol. The number of fused-ring (bicyclic) bond motifs is 2. The second-order valence-corrected chi connectivity index (χ2v) is 8.35. The Bertz CT molecular complexity index is 1500. The minimum atomic E-state index is -2.30. The van der Waals surface area contributed by atoms with E-state index >= 15 is 8.78 Å². The van der Waals surface area contributed by atoms with Gasteiger partial charge in [0.2, 0.25) is 0 Å². The number of pyridine rings is 1. The highest BCUT2D eigenvalue weighted by Gasteiger charge is 2.29. The predicted octanol–water partition coefficient (Wildman–Crippen LogP) is 4.48. The molecular weight excluding hydrogens is 454 g/mol. The zero-order valence-corrected chi connectivity index (χ0v) is 19.4. The fourth-order valence-electron chi connectivity index (χ4n) is 4.01. The molecule has 0 radical (unpaired) electrons.